The molecule has 5 nitrogen and oxygen atoms in total. The molecule has 1 aromatic heterocycles. The molecular weight excluding hydrogens is 238 g/mol. The van der Waals surface area contributed by atoms with Crippen molar-refractivity contribution < 1.29 is 8.42 Å². The molecule has 2 N–H and O–H groups in total. The Morgan fingerprint density at radius 1 is 1.18 bits per heavy atom. The highest BCUT2D eigenvalue weighted by Crippen LogP contribution is 2.25. The van der Waals surface area contributed by atoms with Gasteiger partial charge in [0.05, 0.1) is 23.0 Å². The van der Waals surface area contributed by atoms with Crippen molar-refractivity contribution in [3.05, 3.63) is 36.7 Å². The second-order valence-electron chi connectivity index (χ2n) is 3.66. The summed E-state index contributed by atoms with van der Waals surface area (Å²) in [5.74, 6) is 0. The third kappa shape index (κ3) is 2.42. The first-order chi connectivity index (χ1) is 7.98. The maximum atomic E-state index is 11.4. The van der Waals surface area contributed by atoms with E-state index in [0.29, 0.717) is 16.8 Å². The number of hydrogen-bond acceptors (Lipinski definition) is 5. The van der Waals surface area contributed by atoms with Gasteiger partial charge >= 0.3 is 0 Å². The molecule has 88 valence electrons. The fourth-order valence-electron chi connectivity index (χ4n) is 1.47. The molecule has 0 saturated carbocycles. The Kier molecular flexibility index (Phi) is 2.81. The summed E-state index contributed by atoms with van der Waals surface area (Å²) in [6.45, 7) is 0. The smallest absolute Gasteiger partial charge is 0.175 e. The molecule has 0 aliphatic carbocycles. The molecule has 0 radical (unpaired) electrons. The molecule has 0 saturated heterocycles. The van der Waals surface area contributed by atoms with Gasteiger partial charge in [0.25, 0.3) is 0 Å². The van der Waals surface area contributed by atoms with Gasteiger partial charge in [-0.15, -0.1) is 0 Å². The van der Waals surface area contributed by atoms with Crippen LogP contribution in [0.15, 0.2) is 41.6 Å². The van der Waals surface area contributed by atoms with Crippen molar-refractivity contribution >= 4 is 15.5 Å². The first kappa shape index (κ1) is 11.5. The average Bonchev–Trinajstić information content (AvgIpc) is 2.29. The molecule has 17 heavy (non-hydrogen) atoms. The van der Waals surface area contributed by atoms with Crippen LogP contribution in [-0.2, 0) is 9.84 Å². The van der Waals surface area contributed by atoms with Gasteiger partial charge in [-0.25, -0.2) is 8.42 Å². The third-order valence-electron chi connectivity index (χ3n) is 2.33. The first-order valence-electron chi connectivity index (χ1n) is 4.85. The van der Waals surface area contributed by atoms with E-state index in [0.717, 1.165) is 0 Å². The van der Waals surface area contributed by atoms with Crippen LogP contribution in [0.1, 0.15) is 0 Å². The van der Waals surface area contributed by atoms with E-state index in [9.17, 15) is 8.42 Å². The van der Waals surface area contributed by atoms with Gasteiger partial charge in [-0.3, -0.25) is 0 Å². The maximum absolute atomic E-state index is 11.4. The zero-order valence-electron chi connectivity index (χ0n) is 9.16. The van der Waals surface area contributed by atoms with Crippen LogP contribution in [-0.4, -0.2) is 24.9 Å². The highest BCUT2D eigenvalue weighted by atomic mass is 32.2. The molecule has 6 heteroatoms. The monoisotopic (exact) mass is 249 g/mol. The molecule has 0 atom stereocenters. The van der Waals surface area contributed by atoms with E-state index in [4.69, 9.17) is 5.73 Å². The summed E-state index contributed by atoms with van der Waals surface area (Å²) in [5.41, 5.74) is 7.60. The Bertz CT molecular complexity index is 653. The fourth-order valence-corrected chi connectivity index (χ4v) is 2.13. The fraction of sp³-hybridized carbons (Fsp3) is 0.0909. The van der Waals surface area contributed by atoms with Crippen molar-refractivity contribution in [2.45, 2.75) is 4.90 Å². The predicted octanol–water partition coefficient (Wildman–Crippen LogP) is 1.13. The number of nitrogen functional groups attached to an aromatic ring is 1. The van der Waals surface area contributed by atoms with E-state index in [1.54, 1.807) is 24.3 Å². The molecule has 0 spiro atoms. The Labute approximate surface area is 99.2 Å². The van der Waals surface area contributed by atoms with E-state index in [1.807, 2.05) is 0 Å². The Morgan fingerprint density at radius 2 is 1.88 bits per heavy atom. The molecule has 0 aliphatic rings. The number of hydrogen-bond donors (Lipinski definition) is 1. The number of aromatic nitrogens is 2. The standard InChI is InChI=1S/C11H11N3O2S/c1-17(15,16)9-4-2-3-8(5-9)10-6-13-14-7-11(10)12/h2-7H,1H3,(H2,12,13). The van der Waals surface area contributed by atoms with Crippen LogP contribution in [0.2, 0.25) is 0 Å². The second-order valence-corrected chi connectivity index (χ2v) is 5.67. The SMILES string of the molecule is CS(=O)(=O)c1cccc(-c2cnncc2N)c1. The van der Waals surface area contributed by atoms with E-state index in [1.165, 1.54) is 18.6 Å². The van der Waals surface area contributed by atoms with Crippen LogP contribution < -0.4 is 5.73 Å². The van der Waals surface area contributed by atoms with Gasteiger partial charge in [0.2, 0.25) is 0 Å². The molecule has 0 fully saturated rings. The lowest BCUT2D eigenvalue weighted by atomic mass is 10.1. The summed E-state index contributed by atoms with van der Waals surface area (Å²) >= 11 is 0. The largest absolute Gasteiger partial charge is 0.397 e. The van der Waals surface area contributed by atoms with E-state index >= 15 is 0 Å². The van der Waals surface area contributed by atoms with Gasteiger partial charge in [0.15, 0.2) is 9.84 Å². The lowest BCUT2D eigenvalue weighted by Crippen LogP contribution is -1.98. The van der Waals surface area contributed by atoms with Gasteiger partial charge in [0.1, 0.15) is 0 Å². The molecule has 0 bridgehead atoms. The predicted molar refractivity (Wildman–Crippen MR) is 65.0 cm³/mol. The van der Waals surface area contributed by atoms with Crippen LogP contribution >= 0.6 is 0 Å². The molecule has 0 aliphatic heterocycles. The van der Waals surface area contributed by atoms with E-state index in [2.05, 4.69) is 10.2 Å². The first-order valence-corrected chi connectivity index (χ1v) is 6.74. The minimum absolute atomic E-state index is 0.256. The van der Waals surface area contributed by atoms with Crippen LogP contribution in [0, 0.1) is 0 Å². The number of benzene rings is 1. The average molecular weight is 249 g/mol. The van der Waals surface area contributed by atoms with E-state index in [-0.39, 0.29) is 4.90 Å². The van der Waals surface area contributed by atoms with Gasteiger partial charge in [-0.05, 0) is 17.7 Å². The number of sulfone groups is 1. The molecule has 2 aromatic rings. The molecule has 1 heterocycles. The summed E-state index contributed by atoms with van der Waals surface area (Å²) in [6.07, 6.45) is 4.11. The highest BCUT2D eigenvalue weighted by molar-refractivity contribution is 7.90. The minimum Gasteiger partial charge on any atom is -0.397 e. The molecule has 0 unspecified atom stereocenters. The molecule has 2 rings (SSSR count). The molecule has 1 aromatic carbocycles. The summed E-state index contributed by atoms with van der Waals surface area (Å²) in [4.78, 5) is 0.256. The van der Waals surface area contributed by atoms with Gasteiger partial charge in [-0.2, -0.15) is 10.2 Å². The lowest BCUT2D eigenvalue weighted by molar-refractivity contribution is 0.602. The summed E-state index contributed by atoms with van der Waals surface area (Å²) in [7, 11) is -3.22. The zero-order valence-corrected chi connectivity index (χ0v) is 9.98. The Morgan fingerprint density at radius 3 is 2.53 bits per heavy atom. The van der Waals surface area contributed by atoms with Gasteiger partial charge < -0.3 is 5.73 Å². The van der Waals surface area contributed by atoms with Crippen LogP contribution in [0.25, 0.3) is 11.1 Å². The number of rotatable bonds is 2. The number of anilines is 1. The van der Waals surface area contributed by atoms with Crippen LogP contribution in [0.5, 0.6) is 0 Å². The zero-order chi connectivity index (χ0) is 12.5. The van der Waals surface area contributed by atoms with Crippen molar-refractivity contribution in [2.24, 2.45) is 0 Å². The van der Waals surface area contributed by atoms with Crippen molar-refractivity contribution in [3.8, 4) is 11.1 Å². The van der Waals surface area contributed by atoms with Gasteiger partial charge in [-0.1, -0.05) is 12.1 Å². The summed E-state index contributed by atoms with van der Waals surface area (Å²) in [6, 6.07) is 6.57. The van der Waals surface area contributed by atoms with Crippen molar-refractivity contribution in [1.82, 2.24) is 10.2 Å². The lowest BCUT2D eigenvalue weighted by Gasteiger charge is -2.05. The maximum Gasteiger partial charge on any atom is 0.175 e. The van der Waals surface area contributed by atoms with E-state index < -0.39 is 9.84 Å². The minimum atomic E-state index is -3.22. The Balaban J connectivity index is 2.59. The van der Waals surface area contributed by atoms with Crippen molar-refractivity contribution in [3.63, 3.8) is 0 Å². The summed E-state index contributed by atoms with van der Waals surface area (Å²) in [5, 5.41) is 7.38. The second kappa shape index (κ2) is 4.14. The highest BCUT2D eigenvalue weighted by Gasteiger charge is 2.09. The number of nitrogens with two attached hydrogens (primary N) is 1. The van der Waals surface area contributed by atoms with Crippen LogP contribution in [0.4, 0.5) is 5.69 Å². The van der Waals surface area contributed by atoms with Crippen LogP contribution in [0.3, 0.4) is 0 Å². The van der Waals surface area contributed by atoms with Gasteiger partial charge in [0, 0.05) is 11.8 Å². The quantitative estimate of drug-likeness (QED) is 0.862. The topological polar surface area (TPSA) is 85.9 Å². The molecular formula is C11H11N3O2S. The summed E-state index contributed by atoms with van der Waals surface area (Å²) < 4.78 is 22.9. The normalized spacial score (nSPS) is 11.4. The third-order valence-corrected chi connectivity index (χ3v) is 3.44. The number of nitrogens with zero attached hydrogens (tertiary/aromatic N) is 2. The molecule has 0 amide bonds. The van der Waals surface area contributed by atoms with Crippen molar-refractivity contribution in [1.29, 1.82) is 0 Å². The Hall–Kier alpha value is -1.95. The van der Waals surface area contributed by atoms with Crippen molar-refractivity contribution in [2.75, 3.05) is 12.0 Å².